The number of halogens is 2. The Hall–Kier alpha value is -3.55. The molecule has 8 heteroatoms. The van der Waals surface area contributed by atoms with Crippen LogP contribution in [0.2, 0.25) is 0 Å². The van der Waals surface area contributed by atoms with Gasteiger partial charge in [-0.3, -0.25) is 19.6 Å². The summed E-state index contributed by atoms with van der Waals surface area (Å²) in [4.78, 5) is 28.0. The Morgan fingerprint density at radius 1 is 1.03 bits per heavy atom. The van der Waals surface area contributed by atoms with E-state index in [0.29, 0.717) is 5.56 Å². The third kappa shape index (κ3) is 4.47. The molecule has 2 aromatic carbocycles. The lowest BCUT2D eigenvalue weighted by Gasteiger charge is -2.32. The zero-order chi connectivity index (χ0) is 21.8. The lowest BCUT2D eigenvalue weighted by atomic mass is 10.0. The molecule has 1 heterocycles. The molecule has 0 spiro atoms. The monoisotopic (exact) mass is 424 g/mol. The molecular formula is C23H22F2N4O2. The van der Waals surface area contributed by atoms with Gasteiger partial charge < -0.3 is 5.32 Å². The van der Waals surface area contributed by atoms with Crippen LogP contribution in [0, 0.1) is 11.6 Å². The second-order valence-electron chi connectivity index (χ2n) is 7.54. The van der Waals surface area contributed by atoms with E-state index in [9.17, 15) is 18.4 Å². The Balaban J connectivity index is 1.82. The maximum absolute atomic E-state index is 14.8. The summed E-state index contributed by atoms with van der Waals surface area (Å²) < 4.78 is 28.4. The Morgan fingerprint density at radius 3 is 2.39 bits per heavy atom. The smallest absolute Gasteiger partial charge is 0.277 e. The molecule has 0 bridgehead atoms. The molecule has 4 rings (SSSR count). The number of para-hydroxylation sites is 1. The van der Waals surface area contributed by atoms with Crippen LogP contribution in [0.3, 0.4) is 0 Å². The minimum atomic E-state index is -1.20. The molecule has 0 unspecified atom stereocenters. The van der Waals surface area contributed by atoms with Crippen molar-refractivity contribution in [1.29, 1.82) is 0 Å². The van der Waals surface area contributed by atoms with E-state index in [1.54, 1.807) is 6.07 Å². The van der Waals surface area contributed by atoms with Crippen molar-refractivity contribution in [3.63, 3.8) is 0 Å². The highest BCUT2D eigenvalue weighted by Crippen LogP contribution is 2.32. The van der Waals surface area contributed by atoms with E-state index in [2.05, 4.69) is 15.5 Å². The highest BCUT2D eigenvalue weighted by Gasteiger charge is 2.36. The minimum absolute atomic E-state index is 0.0137. The Morgan fingerprint density at radius 2 is 1.74 bits per heavy atom. The van der Waals surface area contributed by atoms with E-state index in [1.807, 2.05) is 0 Å². The maximum Gasteiger partial charge on any atom is 0.277 e. The van der Waals surface area contributed by atoms with Crippen LogP contribution in [-0.4, -0.2) is 28.1 Å². The molecule has 1 saturated carbocycles. The predicted molar refractivity (Wildman–Crippen MR) is 111 cm³/mol. The number of benzene rings is 2. The number of hydrogen-bond donors (Lipinski definition) is 2. The van der Waals surface area contributed by atoms with Crippen LogP contribution in [0.4, 0.5) is 14.5 Å². The number of nitrogens with one attached hydrogen (secondary N) is 2. The van der Waals surface area contributed by atoms with Crippen LogP contribution in [-0.2, 0) is 4.79 Å². The minimum Gasteiger partial charge on any atom is -0.351 e. The maximum atomic E-state index is 14.8. The lowest BCUT2D eigenvalue weighted by molar-refractivity contribution is -0.123. The van der Waals surface area contributed by atoms with Crippen molar-refractivity contribution in [1.82, 2.24) is 15.5 Å². The molecule has 1 aromatic heterocycles. The summed E-state index contributed by atoms with van der Waals surface area (Å²) in [5.74, 6) is -2.21. The molecule has 1 aliphatic rings. The molecule has 2 amide bonds. The van der Waals surface area contributed by atoms with E-state index in [4.69, 9.17) is 0 Å². The topological polar surface area (TPSA) is 78.1 Å². The van der Waals surface area contributed by atoms with E-state index < -0.39 is 29.5 Å². The molecular weight excluding hydrogens is 402 g/mol. The molecule has 1 atom stereocenters. The van der Waals surface area contributed by atoms with E-state index >= 15 is 0 Å². The lowest BCUT2D eigenvalue weighted by Crippen LogP contribution is -2.46. The first kappa shape index (κ1) is 20.7. The van der Waals surface area contributed by atoms with Gasteiger partial charge in [-0.05, 0) is 48.7 Å². The average molecular weight is 424 g/mol. The number of nitrogens with zero attached hydrogens (tertiary/aromatic N) is 2. The van der Waals surface area contributed by atoms with Crippen LogP contribution in [0.1, 0.15) is 47.8 Å². The fraction of sp³-hybridized carbons (Fsp3) is 0.261. The number of anilines is 1. The zero-order valence-electron chi connectivity index (χ0n) is 16.7. The predicted octanol–water partition coefficient (Wildman–Crippen LogP) is 4.13. The van der Waals surface area contributed by atoms with Crippen molar-refractivity contribution in [2.24, 2.45) is 0 Å². The van der Waals surface area contributed by atoms with Crippen molar-refractivity contribution >= 4 is 17.5 Å². The number of carbonyl (C=O) groups is 2. The Kier molecular flexibility index (Phi) is 6.06. The Labute approximate surface area is 178 Å². The van der Waals surface area contributed by atoms with Crippen molar-refractivity contribution in [2.75, 3.05) is 4.90 Å². The second kappa shape index (κ2) is 9.07. The summed E-state index contributed by atoms with van der Waals surface area (Å²) >= 11 is 0. The van der Waals surface area contributed by atoms with Crippen LogP contribution in [0.25, 0.3) is 0 Å². The number of hydrogen-bond acceptors (Lipinski definition) is 3. The zero-order valence-corrected chi connectivity index (χ0v) is 16.7. The molecule has 6 nitrogen and oxygen atoms in total. The molecule has 0 aliphatic heterocycles. The van der Waals surface area contributed by atoms with Crippen LogP contribution in [0.15, 0.2) is 60.8 Å². The van der Waals surface area contributed by atoms with Crippen molar-refractivity contribution < 1.29 is 18.4 Å². The fourth-order valence-electron chi connectivity index (χ4n) is 3.93. The third-order valence-electron chi connectivity index (χ3n) is 5.46. The standard InChI is InChI=1S/C23H22F2N4O2/c24-16-11-9-15(10-12-16)21(22(30)27-17-5-1-2-6-17)29(20-8-4-3-7-18(20)25)23(31)19-13-14-26-28-19/h3-4,7-14,17,21H,1-2,5-6H2,(H,26,28)(H,27,30)/t21-/m0/s1. The van der Waals surface area contributed by atoms with Gasteiger partial charge in [-0.1, -0.05) is 37.1 Å². The summed E-state index contributed by atoms with van der Waals surface area (Å²) in [6, 6.07) is 11.3. The number of aromatic amines is 1. The highest BCUT2D eigenvalue weighted by molar-refractivity contribution is 6.09. The van der Waals surface area contributed by atoms with Crippen LogP contribution in [0.5, 0.6) is 0 Å². The molecule has 2 N–H and O–H groups in total. The van der Waals surface area contributed by atoms with Crippen molar-refractivity contribution in [3.8, 4) is 0 Å². The SMILES string of the molecule is O=C(NC1CCCC1)[C@H](c1ccc(F)cc1)N(C(=O)c1ccn[nH]1)c1ccccc1F. The first-order valence-corrected chi connectivity index (χ1v) is 10.2. The van der Waals surface area contributed by atoms with Gasteiger partial charge in [0.2, 0.25) is 5.91 Å². The highest BCUT2D eigenvalue weighted by atomic mass is 19.1. The molecule has 160 valence electrons. The summed E-state index contributed by atoms with van der Waals surface area (Å²) in [5.41, 5.74) is 0.412. The van der Waals surface area contributed by atoms with Gasteiger partial charge in [0.05, 0.1) is 5.69 Å². The summed E-state index contributed by atoms with van der Waals surface area (Å²) in [7, 11) is 0. The molecule has 31 heavy (non-hydrogen) atoms. The van der Waals surface area contributed by atoms with Gasteiger partial charge >= 0.3 is 0 Å². The number of carbonyl (C=O) groups excluding carboxylic acids is 2. The van der Waals surface area contributed by atoms with Crippen molar-refractivity contribution in [2.45, 2.75) is 37.8 Å². The van der Waals surface area contributed by atoms with Crippen LogP contribution >= 0.6 is 0 Å². The van der Waals surface area contributed by atoms with Gasteiger partial charge in [-0.15, -0.1) is 0 Å². The van der Waals surface area contributed by atoms with Gasteiger partial charge in [0.25, 0.3) is 5.91 Å². The number of aromatic nitrogens is 2. The van der Waals surface area contributed by atoms with E-state index in [0.717, 1.165) is 30.6 Å². The Bertz CT molecular complexity index is 1050. The summed E-state index contributed by atoms with van der Waals surface area (Å²) in [6.07, 6.45) is 5.11. The second-order valence-corrected chi connectivity index (χ2v) is 7.54. The van der Waals surface area contributed by atoms with E-state index in [1.165, 1.54) is 54.7 Å². The third-order valence-corrected chi connectivity index (χ3v) is 5.46. The largest absolute Gasteiger partial charge is 0.351 e. The van der Waals surface area contributed by atoms with Gasteiger partial charge in [0.15, 0.2) is 0 Å². The first-order chi connectivity index (χ1) is 15.0. The van der Waals surface area contributed by atoms with E-state index in [-0.39, 0.29) is 17.4 Å². The quantitative estimate of drug-likeness (QED) is 0.625. The normalized spacial score (nSPS) is 14.9. The van der Waals surface area contributed by atoms with Gasteiger partial charge in [-0.2, -0.15) is 5.10 Å². The van der Waals surface area contributed by atoms with Crippen molar-refractivity contribution in [3.05, 3.63) is 83.7 Å². The molecule has 0 radical (unpaired) electrons. The van der Waals surface area contributed by atoms with Gasteiger partial charge in [0.1, 0.15) is 23.4 Å². The average Bonchev–Trinajstić information content (AvgIpc) is 3.47. The number of amides is 2. The number of H-pyrrole nitrogens is 1. The van der Waals surface area contributed by atoms with Crippen LogP contribution < -0.4 is 10.2 Å². The molecule has 3 aromatic rings. The summed E-state index contributed by atoms with van der Waals surface area (Å²) in [6.45, 7) is 0. The van der Waals surface area contributed by atoms with Gasteiger partial charge in [0, 0.05) is 12.2 Å². The summed E-state index contributed by atoms with van der Waals surface area (Å²) in [5, 5.41) is 9.36. The first-order valence-electron chi connectivity index (χ1n) is 10.2. The molecule has 1 aliphatic carbocycles. The fourth-order valence-corrected chi connectivity index (χ4v) is 3.93. The van der Waals surface area contributed by atoms with Gasteiger partial charge in [-0.25, -0.2) is 8.78 Å². The molecule has 1 fully saturated rings. The number of rotatable bonds is 6. The molecule has 0 saturated heterocycles.